The minimum absolute atomic E-state index is 0.116. The molecule has 12 heteroatoms. The lowest BCUT2D eigenvalue weighted by molar-refractivity contribution is -0.161. The van der Waals surface area contributed by atoms with Gasteiger partial charge in [-0.2, -0.15) is 0 Å². The number of hydrogen-bond donors (Lipinski definition) is 2. The Morgan fingerprint density at radius 3 is 1.02 bits per heavy atom. The van der Waals surface area contributed by atoms with E-state index in [0.717, 1.165) is 154 Å². The maximum absolute atomic E-state index is 13.0. The highest BCUT2D eigenvalue weighted by Gasteiger charge is 2.28. The molecule has 0 saturated carbocycles. The highest BCUT2D eigenvalue weighted by molar-refractivity contribution is 7.47. The molecule has 0 aromatic carbocycles. The summed E-state index contributed by atoms with van der Waals surface area (Å²) in [5.41, 5.74) is 0. The molecule has 0 aromatic heterocycles. The summed E-state index contributed by atoms with van der Waals surface area (Å²) >= 11 is 0. The fourth-order valence-electron chi connectivity index (χ4n) is 7.87. The summed E-state index contributed by atoms with van der Waals surface area (Å²) in [5, 5.41) is 9.83. The molecule has 0 saturated heterocycles. The van der Waals surface area contributed by atoms with Gasteiger partial charge in [-0.25, -0.2) is 4.57 Å². The first-order valence-corrected chi connectivity index (χ1v) is 32.6. The maximum atomic E-state index is 13.0. The van der Waals surface area contributed by atoms with Crippen LogP contribution in [-0.2, 0) is 42.2 Å². The first-order chi connectivity index (χ1) is 39.2. The molecule has 0 radical (unpaired) electrons. The number of esters is 3. The van der Waals surface area contributed by atoms with Crippen LogP contribution < -0.4 is 0 Å². The van der Waals surface area contributed by atoms with Crippen LogP contribution in [0.15, 0.2) is 134 Å². The van der Waals surface area contributed by atoms with Crippen molar-refractivity contribution >= 4 is 25.7 Å². The molecule has 11 nitrogen and oxygen atoms in total. The number of carbonyl (C=O) groups excluding carboxylic acids is 3. The molecule has 0 rings (SSSR count). The number of allylic oxidation sites excluding steroid dienone is 22. The summed E-state index contributed by atoms with van der Waals surface area (Å²) in [5.74, 6) is -1.55. The van der Waals surface area contributed by atoms with Crippen molar-refractivity contribution in [3.8, 4) is 0 Å². The lowest BCUT2D eigenvalue weighted by Crippen LogP contribution is -2.30. The van der Waals surface area contributed by atoms with Crippen LogP contribution in [-0.4, -0.2) is 66.5 Å². The highest BCUT2D eigenvalue weighted by atomic mass is 31.2. The van der Waals surface area contributed by atoms with Gasteiger partial charge in [0, 0.05) is 19.3 Å². The third kappa shape index (κ3) is 58.3. The van der Waals surface area contributed by atoms with Crippen LogP contribution in [0.4, 0.5) is 0 Å². The van der Waals surface area contributed by atoms with E-state index in [-0.39, 0.29) is 25.9 Å². The zero-order chi connectivity index (χ0) is 58.3. The van der Waals surface area contributed by atoms with Gasteiger partial charge >= 0.3 is 25.7 Å². The van der Waals surface area contributed by atoms with Gasteiger partial charge in [0.05, 0.1) is 19.8 Å². The average molecular weight is 1140 g/mol. The van der Waals surface area contributed by atoms with Crippen molar-refractivity contribution in [2.45, 2.75) is 251 Å². The van der Waals surface area contributed by atoms with Gasteiger partial charge in [-0.3, -0.25) is 23.4 Å². The normalized spacial score (nSPS) is 14.2. The van der Waals surface area contributed by atoms with Gasteiger partial charge < -0.3 is 24.2 Å². The molecule has 454 valence electrons. The van der Waals surface area contributed by atoms with Crippen molar-refractivity contribution in [1.82, 2.24) is 0 Å². The molecule has 3 unspecified atom stereocenters. The third-order valence-corrected chi connectivity index (χ3v) is 13.5. The second-order valence-electron chi connectivity index (χ2n) is 20.1. The zero-order valence-electron chi connectivity index (χ0n) is 50.2. The number of unbranched alkanes of at least 4 members (excludes halogenated alkanes) is 17. The number of ether oxygens (including phenoxy) is 3. The van der Waals surface area contributed by atoms with Crippen molar-refractivity contribution in [2.24, 2.45) is 0 Å². The Bertz CT molecular complexity index is 1850. The van der Waals surface area contributed by atoms with E-state index in [4.69, 9.17) is 23.3 Å². The first-order valence-electron chi connectivity index (χ1n) is 31.1. The molecule has 0 aromatic rings. The van der Waals surface area contributed by atoms with Gasteiger partial charge in [-0.05, 0) is 135 Å². The van der Waals surface area contributed by atoms with Crippen molar-refractivity contribution in [3.63, 3.8) is 0 Å². The molecule has 0 aliphatic rings. The van der Waals surface area contributed by atoms with Crippen LogP contribution in [0.3, 0.4) is 0 Å². The first kappa shape index (κ1) is 75.6. The van der Waals surface area contributed by atoms with Crippen molar-refractivity contribution in [3.05, 3.63) is 134 Å². The minimum atomic E-state index is -4.78. The van der Waals surface area contributed by atoms with Crippen LogP contribution in [0.1, 0.15) is 239 Å². The van der Waals surface area contributed by atoms with E-state index in [1.807, 2.05) is 0 Å². The molecule has 0 aliphatic carbocycles. The fraction of sp³-hybridized carbons (Fsp3) is 0.632. The Balaban J connectivity index is 4.83. The molecule has 2 N–H and O–H groups in total. The molecule has 3 atom stereocenters. The molecule has 0 bridgehead atoms. The lowest BCUT2D eigenvalue weighted by atomic mass is 10.1. The largest absolute Gasteiger partial charge is 0.472 e. The van der Waals surface area contributed by atoms with Gasteiger partial charge in [0.15, 0.2) is 6.10 Å². The van der Waals surface area contributed by atoms with E-state index in [1.54, 1.807) is 0 Å². The second-order valence-corrected chi connectivity index (χ2v) is 21.6. The smallest absolute Gasteiger partial charge is 0.462 e. The van der Waals surface area contributed by atoms with Crippen molar-refractivity contribution in [1.29, 1.82) is 0 Å². The van der Waals surface area contributed by atoms with Gasteiger partial charge in [-0.1, -0.05) is 219 Å². The van der Waals surface area contributed by atoms with Crippen LogP contribution in [0.2, 0.25) is 0 Å². The number of aliphatic hydroxyl groups is 1. The number of aliphatic hydroxyl groups excluding tert-OH is 1. The Kier molecular flexibility index (Phi) is 57.4. The Morgan fingerprint density at radius 1 is 0.362 bits per heavy atom. The molecule has 0 heterocycles. The predicted octanol–water partition coefficient (Wildman–Crippen LogP) is 18.9. The van der Waals surface area contributed by atoms with E-state index in [0.29, 0.717) is 19.3 Å². The molecular weight excluding hydrogens is 1020 g/mol. The summed E-state index contributed by atoms with van der Waals surface area (Å²) in [7, 11) is -4.78. The minimum Gasteiger partial charge on any atom is -0.462 e. The second kappa shape index (κ2) is 60.7. The maximum Gasteiger partial charge on any atom is 0.472 e. The Morgan fingerprint density at radius 2 is 0.650 bits per heavy atom. The summed E-state index contributed by atoms with van der Waals surface area (Å²) < 4.78 is 39.6. The fourth-order valence-corrected chi connectivity index (χ4v) is 8.66. The van der Waals surface area contributed by atoms with Gasteiger partial charge in [0.2, 0.25) is 0 Å². The van der Waals surface area contributed by atoms with Gasteiger partial charge in [-0.15, -0.1) is 0 Å². The van der Waals surface area contributed by atoms with Gasteiger partial charge in [0.1, 0.15) is 12.7 Å². The molecule has 0 aliphatic heterocycles. The van der Waals surface area contributed by atoms with Crippen molar-refractivity contribution in [2.75, 3.05) is 26.4 Å². The summed E-state index contributed by atoms with van der Waals surface area (Å²) in [4.78, 5) is 48.7. The molecular formula is C68H111O11P. The van der Waals surface area contributed by atoms with Crippen LogP contribution in [0.5, 0.6) is 0 Å². The Labute approximate surface area is 487 Å². The third-order valence-electron chi connectivity index (χ3n) is 12.5. The molecule has 0 fully saturated rings. The predicted molar refractivity (Wildman–Crippen MR) is 334 cm³/mol. The number of carbonyl (C=O) groups is 3. The monoisotopic (exact) mass is 1130 g/mol. The average Bonchev–Trinajstić information content (AvgIpc) is 3.45. The van der Waals surface area contributed by atoms with E-state index in [1.165, 1.54) is 25.7 Å². The number of phosphoric acid groups is 1. The van der Waals surface area contributed by atoms with Crippen LogP contribution >= 0.6 is 7.82 Å². The van der Waals surface area contributed by atoms with E-state index in [2.05, 4.69) is 154 Å². The molecule has 80 heavy (non-hydrogen) atoms. The summed E-state index contributed by atoms with van der Waals surface area (Å²) in [6, 6.07) is 0. The highest BCUT2D eigenvalue weighted by Crippen LogP contribution is 2.43. The van der Waals surface area contributed by atoms with Crippen LogP contribution in [0.25, 0.3) is 0 Å². The number of rotatable bonds is 56. The standard InChI is InChI=1S/C68H111O11P/c1-4-7-10-13-16-19-22-25-28-30-32-34-37-39-42-45-48-51-54-57-66(70)75-61-65(79-68(72)59-56-53-50-47-44-41-38-35-33-31-29-26-23-20-17-14-11-8-5-2)63-77-80(73,74)76-62-64(60-69)78-67(71)58-55-52-49-46-43-40-36-27-24-21-18-15-12-9-6-3/h8-9,11-12,16-21,25-29,32-36,43,46,64-65,69H,4-7,10,13-15,22-24,30-31,37-42,44-45,47-63H2,1-3H3,(H,73,74)/b11-8-,12-9-,19-16-,20-17-,21-18-,28-25-,29-26-,34-32-,35-33-,36-27-,46-43-. The van der Waals surface area contributed by atoms with Crippen molar-refractivity contribution < 1.29 is 52.2 Å². The molecule has 0 spiro atoms. The number of phosphoric ester groups is 1. The molecule has 0 amide bonds. The summed E-state index contributed by atoms with van der Waals surface area (Å²) in [6.07, 6.45) is 76.9. The van der Waals surface area contributed by atoms with Crippen LogP contribution in [0, 0.1) is 0 Å². The van der Waals surface area contributed by atoms with E-state index in [9.17, 15) is 28.9 Å². The topological polar surface area (TPSA) is 155 Å². The zero-order valence-corrected chi connectivity index (χ0v) is 51.1. The summed E-state index contributed by atoms with van der Waals surface area (Å²) in [6.45, 7) is 4.31. The quantitative estimate of drug-likeness (QED) is 0.0197. The lowest BCUT2D eigenvalue weighted by Gasteiger charge is -2.21. The SMILES string of the molecule is CC/C=C\C/C=C\C/C=C\C/C=C\CCCCCCCCC(=O)OC(COC(=O)CCCCCCCC/C=C\C/C=C\C/C=C\CCCCC)COP(=O)(O)OCC(CO)OC(=O)CCCC/C=C\C/C=C\C/C=C\C/C=C\CC. The Hall–Kier alpha value is -4.38. The number of hydrogen-bond acceptors (Lipinski definition) is 10. The van der Waals surface area contributed by atoms with Gasteiger partial charge in [0.25, 0.3) is 0 Å². The van der Waals surface area contributed by atoms with E-state index >= 15 is 0 Å². The van der Waals surface area contributed by atoms with E-state index < -0.39 is 57.8 Å².